The highest BCUT2D eigenvalue weighted by atomic mass is 16.2. The summed E-state index contributed by atoms with van der Waals surface area (Å²) in [6.07, 6.45) is 4.32. The molecule has 1 aliphatic heterocycles. The molecule has 23 heavy (non-hydrogen) atoms. The third-order valence-electron chi connectivity index (χ3n) is 4.71. The minimum absolute atomic E-state index is 0.00759. The maximum absolute atomic E-state index is 12.2. The second-order valence-corrected chi connectivity index (χ2v) is 6.37. The number of nitrogens with zero attached hydrogens (tertiary/aromatic N) is 3. The minimum Gasteiger partial charge on any atom is -0.359 e. The number of rotatable bonds is 3. The van der Waals surface area contributed by atoms with Crippen molar-refractivity contribution < 1.29 is 9.59 Å². The van der Waals surface area contributed by atoms with E-state index >= 15 is 0 Å². The van der Waals surface area contributed by atoms with Gasteiger partial charge in [0.2, 0.25) is 5.91 Å². The third kappa shape index (κ3) is 3.46. The molecular formula is C15H24N6O2. The molecule has 1 aliphatic carbocycles. The number of fused-ring (bicyclic) bond motifs is 1. The Labute approximate surface area is 135 Å². The molecule has 8 nitrogen and oxygen atoms in total. The number of aryl methyl sites for hydroxylation is 2. The molecule has 3 rings (SSSR count). The highest BCUT2D eigenvalue weighted by Crippen LogP contribution is 2.25. The van der Waals surface area contributed by atoms with Gasteiger partial charge in [-0.3, -0.25) is 4.79 Å². The second-order valence-electron chi connectivity index (χ2n) is 6.37. The van der Waals surface area contributed by atoms with Crippen molar-refractivity contribution in [2.45, 2.75) is 57.7 Å². The van der Waals surface area contributed by atoms with Gasteiger partial charge >= 0.3 is 6.03 Å². The zero-order chi connectivity index (χ0) is 16.4. The van der Waals surface area contributed by atoms with Gasteiger partial charge in [0, 0.05) is 19.5 Å². The van der Waals surface area contributed by atoms with Crippen LogP contribution in [-0.2, 0) is 17.8 Å². The van der Waals surface area contributed by atoms with Gasteiger partial charge in [-0.25, -0.2) is 14.5 Å². The average molecular weight is 320 g/mol. The number of nitrogens with one attached hydrogen (secondary N) is 3. The Morgan fingerprint density at radius 1 is 1.22 bits per heavy atom. The number of carbonyl (C=O) groups excluding carboxylic acids is 2. The molecule has 3 unspecified atom stereocenters. The van der Waals surface area contributed by atoms with E-state index in [1.165, 1.54) is 0 Å². The van der Waals surface area contributed by atoms with Gasteiger partial charge in [-0.05, 0) is 26.2 Å². The quantitative estimate of drug-likeness (QED) is 0.736. The predicted octanol–water partition coefficient (Wildman–Crippen LogP) is 0.115. The zero-order valence-corrected chi connectivity index (χ0v) is 13.6. The van der Waals surface area contributed by atoms with Gasteiger partial charge in [-0.1, -0.05) is 6.42 Å². The first-order valence-corrected chi connectivity index (χ1v) is 8.25. The minimum atomic E-state index is -0.198. The standard InChI is InChI=1S/C15H24N6O2/c1-9-17-13-7-6-10(8-21(13)20-9)18-15(23)19-12-5-3-4-11(12)14(22)16-2/h10-12H,3-8H2,1-2H3,(H,16,22)(H2,18,19,23). The molecule has 0 radical (unpaired) electrons. The van der Waals surface area contributed by atoms with Crippen molar-refractivity contribution in [3.8, 4) is 0 Å². The Bertz CT molecular complexity index is 599. The van der Waals surface area contributed by atoms with E-state index in [-0.39, 0.29) is 29.9 Å². The first-order chi connectivity index (χ1) is 11.1. The van der Waals surface area contributed by atoms with Crippen LogP contribution in [0.4, 0.5) is 4.79 Å². The third-order valence-corrected chi connectivity index (χ3v) is 4.71. The van der Waals surface area contributed by atoms with Gasteiger partial charge in [-0.2, -0.15) is 5.10 Å². The van der Waals surface area contributed by atoms with Gasteiger partial charge in [0.05, 0.1) is 18.5 Å². The summed E-state index contributed by atoms with van der Waals surface area (Å²) in [6, 6.07) is -0.234. The summed E-state index contributed by atoms with van der Waals surface area (Å²) in [5.41, 5.74) is 0. The number of hydrogen-bond donors (Lipinski definition) is 3. The predicted molar refractivity (Wildman–Crippen MR) is 83.7 cm³/mol. The monoisotopic (exact) mass is 320 g/mol. The Kier molecular flexibility index (Phi) is 4.49. The van der Waals surface area contributed by atoms with E-state index in [1.807, 2.05) is 11.6 Å². The van der Waals surface area contributed by atoms with Crippen molar-refractivity contribution in [2.75, 3.05) is 7.05 Å². The van der Waals surface area contributed by atoms with Crippen LogP contribution in [0.3, 0.4) is 0 Å². The van der Waals surface area contributed by atoms with Gasteiger partial charge in [0.15, 0.2) is 0 Å². The number of amides is 3. The van der Waals surface area contributed by atoms with Crippen LogP contribution in [0.2, 0.25) is 0 Å². The van der Waals surface area contributed by atoms with Crippen LogP contribution in [0.5, 0.6) is 0 Å². The van der Waals surface area contributed by atoms with E-state index in [2.05, 4.69) is 26.0 Å². The molecular weight excluding hydrogens is 296 g/mol. The molecule has 1 saturated carbocycles. The molecule has 3 N–H and O–H groups in total. The normalized spacial score (nSPS) is 26.4. The van der Waals surface area contributed by atoms with Crippen molar-refractivity contribution in [1.29, 1.82) is 0 Å². The number of carbonyl (C=O) groups is 2. The molecule has 8 heteroatoms. The van der Waals surface area contributed by atoms with Crippen LogP contribution in [0.1, 0.15) is 37.3 Å². The first-order valence-electron chi connectivity index (χ1n) is 8.25. The fourth-order valence-corrected chi connectivity index (χ4v) is 3.58. The van der Waals surface area contributed by atoms with Crippen LogP contribution in [0, 0.1) is 12.8 Å². The van der Waals surface area contributed by atoms with Crippen LogP contribution in [0.15, 0.2) is 0 Å². The van der Waals surface area contributed by atoms with Crippen molar-refractivity contribution >= 4 is 11.9 Å². The molecule has 2 aliphatic rings. The van der Waals surface area contributed by atoms with Crippen molar-refractivity contribution in [3.63, 3.8) is 0 Å². The molecule has 1 aromatic rings. The van der Waals surface area contributed by atoms with Crippen molar-refractivity contribution in [3.05, 3.63) is 11.6 Å². The van der Waals surface area contributed by atoms with E-state index in [1.54, 1.807) is 7.05 Å². The molecule has 0 bridgehead atoms. The van der Waals surface area contributed by atoms with Gasteiger partial charge in [0.1, 0.15) is 11.6 Å². The Hall–Kier alpha value is -2.12. The summed E-state index contributed by atoms with van der Waals surface area (Å²) in [5.74, 6) is 1.63. The topological polar surface area (TPSA) is 101 Å². The molecule has 3 amide bonds. The van der Waals surface area contributed by atoms with E-state index in [0.717, 1.165) is 43.8 Å². The number of hydrogen-bond acceptors (Lipinski definition) is 4. The molecule has 0 aromatic carbocycles. The highest BCUT2D eigenvalue weighted by molar-refractivity contribution is 5.81. The molecule has 2 heterocycles. The molecule has 0 spiro atoms. The zero-order valence-electron chi connectivity index (χ0n) is 13.6. The lowest BCUT2D eigenvalue weighted by molar-refractivity contribution is -0.124. The Balaban J connectivity index is 1.53. The summed E-state index contributed by atoms with van der Waals surface area (Å²) >= 11 is 0. The fourth-order valence-electron chi connectivity index (χ4n) is 3.58. The van der Waals surface area contributed by atoms with E-state index in [4.69, 9.17) is 0 Å². The van der Waals surface area contributed by atoms with E-state index in [9.17, 15) is 9.59 Å². The lowest BCUT2D eigenvalue weighted by Crippen LogP contribution is -2.51. The second kappa shape index (κ2) is 6.55. The average Bonchev–Trinajstić information content (AvgIpc) is 3.11. The van der Waals surface area contributed by atoms with E-state index in [0.29, 0.717) is 6.54 Å². The molecule has 3 atom stereocenters. The van der Waals surface area contributed by atoms with Crippen LogP contribution >= 0.6 is 0 Å². The van der Waals surface area contributed by atoms with Gasteiger partial charge in [-0.15, -0.1) is 0 Å². The smallest absolute Gasteiger partial charge is 0.315 e. The largest absolute Gasteiger partial charge is 0.359 e. The Morgan fingerprint density at radius 3 is 2.83 bits per heavy atom. The maximum atomic E-state index is 12.2. The maximum Gasteiger partial charge on any atom is 0.315 e. The summed E-state index contributed by atoms with van der Waals surface area (Å²) in [7, 11) is 1.64. The fraction of sp³-hybridized carbons (Fsp3) is 0.733. The van der Waals surface area contributed by atoms with Gasteiger partial charge < -0.3 is 16.0 Å². The first kappa shape index (κ1) is 15.8. The molecule has 0 saturated heterocycles. The number of urea groups is 1. The SMILES string of the molecule is CNC(=O)C1CCCC1NC(=O)NC1CCc2nc(C)nn2C1. The van der Waals surface area contributed by atoms with Crippen LogP contribution < -0.4 is 16.0 Å². The lowest BCUT2D eigenvalue weighted by Gasteiger charge is -2.25. The van der Waals surface area contributed by atoms with E-state index < -0.39 is 0 Å². The summed E-state index contributed by atoms with van der Waals surface area (Å²) in [5, 5.41) is 13.0. The van der Waals surface area contributed by atoms with Crippen molar-refractivity contribution in [2.24, 2.45) is 5.92 Å². The van der Waals surface area contributed by atoms with Crippen molar-refractivity contribution in [1.82, 2.24) is 30.7 Å². The lowest BCUT2D eigenvalue weighted by atomic mass is 10.0. The number of aromatic nitrogens is 3. The molecule has 1 aromatic heterocycles. The van der Waals surface area contributed by atoms with Crippen LogP contribution in [0.25, 0.3) is 0 Å². The van der Waals surface area contributed by atoms with Crippen LogP contribution in [-0.4, -0.2) is 45.8 Å². The summed E-state index contributed by atoms with van der Waals surface area (Å²) < 4.78 is 1.87. The summed E-state index contributed by atoms with van der Waals surface area (Å²) in [4.78, 5) is 28.4. The molecule has 1 fully saturated rings. The Morgan fingerprint density at radius 2 is 2.04 bits per heavy atom. The highest BCUT2D eigenvalue weighted by Gasteiger charge is 2.34. The molecule has 126 valence electrons. The van der Waals surface area contributed by atoms with Gasteiger partial charge in [0.25, 0.3) is 0 Å². The summed E-state index contributed by atoms with van der Waals surface area (Å²) in [6.45, 7) is 2.52.